The highest BCUT2D eigenvalue weighted by molar-refractivity contribution is 7.27. The van der Waals surface area contributed by atoms with Gasteiger partial charge in [0, 0.05) is 42.2 Å². The van der Waals surface area contributed by atoms with Gasteiger partial charge in [-0.1, -0.05) is 158 Å². The van der Waals surface area contributed by atoms with E-state index >= 15 is 0 Å². The molecule has 0 aliphatic carbocycles. The van der Waals surface area contributed by atoms with Crippen molar-refractivity contribution in [2.75, 3.05) is 0 Å². The van der Waals surface area contributed by atoms with E-state index in [4.69, 9.17) is 15.0 Å². The van der Waals surface area contributed by atoms with Crippen molar-refractivity contribution < 1.29 is 0 Å². The number of rotatable bonds is 4. The van der Waals surface area contributed by atoms with E-state index in [1.807, 2.05) is 72.0 Å². The number of thiophene rings is 1. The summed E-state index contributed by atoms with van der Waals surface area (Å²) in [5, 5.41) is 10.1. The zero-order valence-electron chi connectivity index (χ0n) is 26.3. The minimum absolute atomic E-state index is 0.659. The van der Waals surface area contributed by atoms with Gasteiger partial charge in [-0.3, -0.25) is 0 Å². The summed E-state index contributed by atoms with van der Waals surface area (Å²) in [6.45, 7) is 0. The SMILES string of the molecule is c1ccc(-c2nc(-c3ccccc3)nc(-c3cccc4c(-c5cccc6sc7c(ccc8ccc9ccccc9c87)c56)cccc34)n2)cc1. The molecule has 0 fully saturated rings. The first-order chi connectivity index (χ1) is 24.3. The maximum Gasteiger partial charge on any atom is 0.164 e. The van der Waals surface area contributed by atoms with Crippen molar-refractivity contribution in [1.29, 1.82) is 0 Å². The Morgan fingerprint density at radius 3 is 1.63 bits per heavy atom. The highest BCUT2D eigenvalue weighted by Gasteiger charge is 2.18. The molecule has 0 bridgehead atoms. The van der Waals surface area contributed by atoms with Crippen molar-refractivity contribution >= 4 is 63.8 Å². The molecule has 0 saturated heterocycles. The minimum Gasteiger partial charge on any atom is -0.208 e. The minimum atomic E-state index is 0.659. The second-order valence-corrected chi connectivity index (χ2v) is 13.4. The van der Waals surface area contributed by atoms with Crippen molar-refractivity contribution in [3.05, 3.63) is 164 Å². The quantitative estimate of drug-likeness (QED) is 0.180. The van der Waals surface area contributed by atoms with Crippen LogP contribution in [-0.2, 0) is 0 Å². The molecule has 0 amide bonds. The summed E-state index contributed by atoms with van der Waals surface area (Å²) < 4.78 is 2.63. The number of fused-ring (bicyclic) bond motifs is 8. The Morgan fingerprint density at radius 2 is 0.878 bits per heavy atom. The van der Waals surface area contributed by atoms with E-state index in [0.717, 1.165) is 22.1 Å². The molecule has 3 nitrogen and oxygen atoms in total. The van der Waals surface area contributed by atoms with Gasteiger partial charge in [0.2, 0.25) is 0 Å². The molecule has 0 N–H and O–H groups in total. The van der Waals surface area contributed by atoms with Gasteiger partial charge in [0.25, 0.3) is 0 Å². The summed E-state index contributed by atoms with van der Waals surface area (Å²) in [5.74, 6) is 1.98. The van der Waals surface area contributed by atoms with E-state index in [-0.39, 0.29) is 0 Å². The largest absolute Gasteiger partial charge is 0.208 e. The van der Waals surface area contributed by atoms with Crippen molar-refractivity contribution in [3.63, 3.8) is 0 Å². The van der Waals surface area contributed by atoms with E-state index in [1.54, 1.807) is 0 Å². The molecule has 0 spiro atoms. The molecule has 2 aromatic heterocycles. The van der Waals surface area contributed by atoms with Gasteiger partial charge in [-0.15, -0.1) is 11.3 Å². The van der Waals surface area contributed by atoms with Gasteiger partial charge in [0.1, 0.15) is 0 Å². The third-order valence-electron chi connectivity index (χ3n) is 9.52. The Morgan fingerprint density at radius 1 is 0.327 bits per heavy atom. The van der Waals surface area contributed by atoms with E-state index < -0.39 is 0 Å². The second-order valence-electron chi connectivity index (χ2n) is 12.4. The molecular formula is C45H27N3S. The first-order valence-corrected chi connectivity index (χ1v) is 17.3. The summed E-state index contributed by atoms with van der Waals surface area (Å²) in [4.78, 5) is 15.1. The first-order valence-electron chi connectivity index (χ1n) is 16.5. The molecule has 10 rings (SSSR count). The lowest BCUT2D eigenvalue weighted by molar-refractivity contribution is 1.08. The summed E-state index contributed by atoms with van der Waals surface area (Å²) >= 11 is 1.89. The fraction of sp³-hybridized carbons (Fsp3) is 0. The fourth-order valence-electron chi connectivity index (χ4n) is 7.26. The maximum absolute atomic E-state index is 5.07. The summed E-state index contributed by atoms with van der Waals surface area (Å²) in [5.41, 5.74) is 5.33. The molecule has 0 radical (unpaired) electrons. The molecule has 0 aliphatic heterocycles. The Bertz CT molecular complexity index is 2820. The summed E-state index contributed by atoms with van der Waals surface area (Å²) in [6, 6.07) is 57.9. The number of aromatic nitrogens is 3. The first kappa shape index (κ1) is 27.8. The van der Waals surface area contributed by atoms with Crippen LogP contribution in [0.3, 0.4) is 0 Å². The number of benzene rings is 8. The number of hydrogen-bond acceptors (Lipinski definition) is 4. The summed E-state index contributed by atoms with van der Waals surface area (Å²) in [7, 11) is 0. The predicted octanol–water partition coefficient (Wildman–Crippen LogP) is 12.4. The maximum atomic E-state index is 5.07. The molecule has 0 unspecified atom stereocenters. The standard InChI is InChI=1S/C45H27N3S/c1-3-13-30(14-4-1)43-46-44(31-15-5-2-6-16-31)48-45(47-43)37-22-10-18-33-34(19-9-20-35(33)37)36-21-11-23-39-41(36)38-27-26-29-25-24-28-12-7-8-17-32(28)40(29)42(38)49-39/h1-27H. The van der Waals surface area contributed by atoms with Crippen molar-refractivity contribution in [2.45, 2.75) is 0 Å². The number of nitrogens with zero attached hydrogens (tertiary/aromatic N) is 3. The van der Waals surface area contributed by atoms with Crippen molar-refractivity contribution in [1.82, 2.24) is 15.0 Å². The van der Waals surface area contributed by atoms with Crippen LogP contribution >= 0.6 is 11.3 Å². The lowest BCUT2D eigenvalue weighted by Crippen LogP contribution is -2.00. The smallest absolute Gasteiger partial charge is 0.164 e. The van der Waals surface area contributed by atoms with Crippen LogP contribution in [0.5, 0.6) is 0 Å². The molecule has 4 heteroatoms. The molecule has 0 atom stereocenters. The van der Waals surface area contributed by atoms with Gasteiger partial charge in [-0.2, -0.15) is 0 Å². The van der Waals surface area contributed by atoms with Crippen LogP contribution in [0.2, 0.25) is 0 Å². The Balaban J connectivity index is 1.21. The van der Waals surface area contributed by atoms with E-state index in [1.165, 1.54) is 58.2 Å². The van der Waals surface area contributed by atoms with Crippen molar-refractivity contribution in [2.24, 2.45) is 0 Å². The molecule has 10 aromatic rings. The molecule has 0 saturated carbocycles. The van der Waals surface area contributed by atoms with Crippen LogP contribution in [0, 0.1) is 0 Å². The fourth-order valence-corrected chi connectivity index (χ4v) is 8.56. The molecule has 8 aromatic carbocycles. The molecule has 228 valence electrons. The average Bonchev–Trinajstić information content (AvgIpc) is 3.57. The molecule has 49 heavy (non-hydrogen) atoms. The molecule has 0 aliphatic rings. The molecular weight excluding hydrogens is 615 g/mol. The third kappa shape index (κ3) is 4.53. The van der Waals surface area contributed by atoms with Gasteiger partial charge in [0.05, 0.1) is 0 Å². The van der Waals surface area contributed by atoms with E-state index in [2.05, 4.69) is 103 Å². The highest BCUT2D eigenvalue weighted by atomic mass is 32.1. The van der Waals surface area contributed by atoms with Gasteiger partial charge >= 0.3 is 0 Å². The zero-order valence-corrected chi connectivity index (χ0v) is 27.2. The second kappa shape index (κ2) is 11.2. The number of hydrogen-bond donors (Lipinski definition) is 0. The van der Waals surface area contributed by atoms with Crippen LogP contribution in [-0.4, -0.2) is 15.0 Å². The Hall–Kier alpha value is -6.23. The average molecular weight is 642 g/mol. The third-order valence-corrected chi connectivity index (χ3v) is 10.7. The van der Waals surface area contributed by atoms with Gasteiger partial charge in [-0.25, -0.2) is 15.0 Å². The van der Waals surface area contributed by atoms with Crippen LogP contribution < -0.4 is 0 Å². The van der Waals surface area contributed by atoms with E-state index in [0.29, 0.717) is 17.5 Å². The van der Waals surface area contributed by atoms with Crippen LogP contribution in [0.15, 0.2) is 164 Å². The zero-order chi connectivity index (χ0) is 32.3. The lowest BCUT2D eigenvalue weighted by atomic mass is 9.92. The van der Waals surface area contributed by atoms with Crippen LogP contribution in [0.1, 0.15) is 0 Å². The Kier molecular flexibility index (Phi) is 6.36. The van der Waals surface area contributed by atoms with Gasteiger partial charge in [-0.05, 0) is 44.1 Å². The summed E-state index contributed by atoms with van der Waals surface area (Å²) in [6.07, 6.45) is 0. The van der Waals surface area contributed by atoms with Gasteiger partial charge < -0.3 is 0 Å². The highest BCUT2D eigenvalue weighted by Crippen LogP contribution is 2.46. The predicted molar refractivity (Wildman–Crippen MR) is 207 cm³/mol. The lowest BCUT2D eigenvalue weighted by Gasteiger charge is -2.13. The normalized spacial score (nSPS) is 11.7. The van der Waals surface area contributed by atoms with Gasteiger partial charge in [0.15, 0.2) is 17.5 Å². The molecule has 2 heterocycles. The van der Waals surface area contributed by atoms with Crippen LogP contribution in [0.25, 0.3) is 97.8 Å². The van der Waals surface area contributed by atoms with Crippen LogP contribution in [0.4, 0.5) is 0 Å². The van der Waals surface area contributed by atoms with Crippen molar-refractivity contribution in [3.8, 4) is 45.3 Å². The monoisotopic (exact) mass is 641 g/mol. The van der Waals surface area contributed by atoms with E-state index in [9.17, 15) is 0 Å². The Labute approximate surface area is 286 Å². The topological polar surface area (TPSA) is 38.7 Å².